The van der Waals surface area contributed by atoms with Crippen LogP contribution in [0.5, 0.6) is 0 Å². The van der Waals surface area contributed by atoms with Gasteiger partial charge in [-0.25, -0.2) is 5.01 Å². The van der Waals surface area contributed by atoms with Crippen molar-refractivity contribution in [3.05, 3.63) is 34.7 Å². The van der Waals surface area contributed by atoms with Gasteiger partial charge in [0.2, 0.25) is 0 Å². The van der Waals surface area contributed by atoms with Gasteiger partial charge in [0, 0.05) is 48.8 Å². The van der Waals surface area contributed by atoms with Gasteiger partial charge in [-0.2, -0.15) is 0 Å². The Hall–Kier alpha value is -1.22. The molecule has 0 bridgehead atoms. The molecule has 0 aliphatic carbocycles. The van der Waals surface area contributed by atoms with E-state index >= 15 is 0 Å². The number of fused-ring (bicyclic) bond motifs is 3. The van der Waals surface area contributed by atoms with E-state index in [2.05, 4.69) is 39.9 Å². The number of benzene rings is 1. The van der Waals surface area contributed by atoms with E-state index in [1.54, 1.807) is 0 Å². The molecule has 1 aromatic heterocycles. The molecule has 8 heteroatoms. The van der Waals surface area contributed by atoms with Crippen LogP contribution in [0, 0.1) is 0 Å². The molecule has 26 heavy (non-hydrogen) atoms. The van der Waals surface area contributed by atoms with Gasteiger partial charge in [0.1, 0.15) is 0 Å². The van der Waals surface area contributed by atoms with Gasteiger partial charge in [0.25, 0.3) is 5.91 Å². The third-order valence-electron chi connectivity index (χ3n) is 5.07. The lowest BCUT2D eigenvalue weighted by Gasteiger charge is -2.35. The molecule has 0 saturated carbocycles. The molecular formula is C18H25ClN4O2S. The Balaban J connectivity index is 0.00000196. The molecule has 2 aliphatic rings. The Bertz CT molecular complexity index is 761. The van der Waals surface area contributed by atoms with Crippen LogP contribution in [0.4, 0.5) is 0 Å². The van der Waals surface area contributed by atoms with Crippen molar-refractivity contribution in [1.82, 2.24) is 20.7 Å². The van der Waals surface area contributed by atoms with Gasteiger partial charge in [0.05, 0.1) is 12.6 Å². The van der Waals surface area contributed by atoms with Crippen LogP contribution in [0.3, 0.4) is 0 Å². The van der Waals surface area contributed by atoms with Crippen molar-refractivity contribution in [3.8, 4) is 0 Å². The number of aliphatic hydroxyl groups is 1. The molecule has 1 amide bonds. The minimum absolute atomic E-state index is 0. The zero-order chi connectivity index (χ0) is 17.2. The van der Waals surface area contributed by atoms with Crippen LogP contribution in [-0.4, -0.2) is 66.3 Å². The first-order valence-electron chi connectivity index (χ1n) is 8.86. The number of hydrogen-bond acceptors (Lipinski definition) is 6. The molecule has 1 fully saturated rings. The molecule has 1 saturated heterocycles. The van der Waals surface area contributed by atoms with E-state index < -0.39 is 0 Å². The predicted octanol–water partition coefficient (Wildman–Crippen LogP) is 0.978. The molecule has 2 aliphatic heterocycles. The van der Waals surface area contributed by atoms with Gasteiger partial charge in [-0.1, -0.05) is 18.2 Å². The van der Waals surface area contributed by atoms with Crippen molar-refractivity contribution in [1.29, 1.82) is 0 Å². The maximum absolute atomic E-state index is 12.7. The van der Waals surface area contributed by atoms with Crippen molar-refractivity contribution in [2.45, 2.75) is 19.0 Å². The Morgan fingerprint density at radius 3 is 2.81 bits per heavy atom. The smallest absolute Gasteiger partial charge is 0.251 e. The minimum Gasteiger partial charge on any atom is -0.395 e. The maximum Gasteiger partial charge on any atom is 0.251 e. The fourth-order valence-corrected chi connectivity index (χ4v) is 4.84. The lowest BCUT2D eigenvalue weighted by Crippen LogP contribution is -2.58. The summed E-state index contributed by atoms with van der Waals surface area (Å²) in [4.78, 5) is 16.2. The van der Waals surface area contributed by atoms with Gasteiger partial charge < -0.3 is 10.4 Å². The molecule has 4 rings (SSSR count). The van der Waals surface area contributed by atoms with Crippen molar-refractivity contribution in [3.63, 3.8) is 0 Å². The second-order valence-electron chi connectivity index (χ2n) is 6.67. The number of amides is 1. The van der Waals surface area contributed by atoms with Crippen LogP contribution < -0.4 is 10.7 Å². The molecule has 1 aromatic carbocycles. The third-order valence-corrected chi connectivity index (χ3v) is 6.29. The second kappa shape index (κ2) is 8.65. The van der Waals surface area contributed by atoms with E-state index in [0.717, 1.165) is 39.1 Å². The van der Waals surface area contributed by atoms with Gasteiger partial charge >= 0.3 is 0 Å². The number of carbonyl (C=O) groups excluding carboxylic acids is 1. The van der Waals surface area contributed by atoms with Crippen molar-refractivity contribution >= 4 is 39.7 Å². The number of thiophene rings is 1. The van der Waals surface area contributed by atoms with Crippen LogP contribution in [0.1, 0.15) is 10.4 Å². The average molecular weight is 397 g/mol. The van der Waals surface area contributed by atoms with Crippen molar-refractivity contribution < 1.29 is 9.90 Å². The maximum atomic E-state index is 12.7. The zero-order valence-corrected chi connectivity index (χ0v) is 16.2. The number of nitrogens with zero attached hydrogens (tertiary/aromatic N) is 2. The first-order chi connectivity index (χ1) is 12.2. The topological polar surface area (TPSA) is 67.8 Å². The number of piperazine rings is 1. The quantitative estimate of drug-likeness (QED) is 0.718. The molecule has 0 spiro atoms. The standard InChI is InChI=1S/C18H24N4O2S.ClH/c23-10-9-21-5-7-22(8-6-21)20-18(24)15-11-14-13-3-1-2-4-16(13)25-17(14)12-19-15;/h1-4,15,19,23H,5-12H2,(H,20,24);1H/t15-;/m1./s1. The summed E-state index contributed by atoms with van der Waals surface area (Å²) in [7, 11) is 0. The first kappa shape index (κ1) is 19.5. The van der Waals surface area contributed by atoms with E-state index in [-0.39, 0.29) is 31.0 Å². The number of hydrogen-bond donors (Lipinski definition) is 3. The summed E-state index contributed by atoms with van der Waals surface area (Å²) in [5.41, 5.74) is 4.39. The molecular weight excluding hydrogens is 372 g/mol. The highest BCUT2D eigenvalue weighted by Crippen LogP contribution is 2.34. The summed E-state index contributed by atoms with van der Waals surface area (Å²) in [5.74, 6) is 0.0524. The number of carbonyl (C=O) groups is 1. The molecule has 6 nitrogen and oxygen atoms in total. The zero-order valence-electron chi connectivity index (χ0n) is 14.6. The molecule has 142 valence electrons. The third kappa shape index (κ3) is 4.03. The Labute approximate surface area is 163 Å². The lowest BCUT2D eigenvalue weighted by atomic mass is 9.98. The molecule has 0 unspecified atom stereocenters. The van der Waals surface area contributed by atoms with Crippen molar-refractivity contribution in [2.24, 2.45) is 0 Å². The minimum atomic E-state index is -0.180. The van der Waals surface area contributed by atoms with Crippen LogP contribution in [-0.2, 0) is 17.8 Å². The predicted molar refractivity (Wildman–Crippen MR) is 107 cm³/mol. The summed E-state index contributed by atoms with van der Waals surface area (Å²) in [6.07, 6.45) is 0.746. The largest absolute Gasteiger partial charge is 0.395 e. The number of aliphatic hydroxyl groups excluding tert-OH is 1. The van der Waals surface area contributed by atoms with Crippen LogP contribution in [0.2, 0.25) is 0 Å². The molecule has 3 heterocycles. The Morgan fingerprint density at radius 2 is 2.04 bits per heavy atom. The van der Waals surface area contributed by atoms with Crippen LogP contribution in [0.25, 0.3) is 10.1 Å². The van der Waals surface area contributed by atoms with Crippen LogP contribution in [0.15, 0.2) is 24.3 Å². The Morgan fingerprint density at radius 1 is 1.27 bits per heavy atom. The van der Waals surface area contributed by atoms with E-state index in [1.165, 1.54) is 20.5 Å². The lowest BCUT2D eigenvalue weighted by molar-refractivity contribution is -0.129. The molecule has 3 N–H and O–H groups in total. The van der Waals surface area contributed by atoms with Gasteiger partial charge in [-0.3, -0.25) is 15.1 Å². The molecule has 0 radical (unpaired) electrons. The number of halogens is 1. The Kier molecular flexibility index (Phi) is 6.50. The van der Waals surface area contributed by atoms with Gasteiger partial charge in [-0.15, -0.1) is 23.7 Å². The van der Waals surface area contributed by atoms with Crippen molar-refractivity contribution in [2.75, 3.05) is 39.3 Å². The second-order valence-corrected chi connectivity index (χ2v) is 7.80. The number of nitrogens with one attached hydrogen (secondary N) is 2. The van der Waals surface area contributed by atoms with E-state index in [0.29, 0.717) is 6.54 Å². The summed E-state index contributed by atoms with van der Waals surface area (Å²) in [5, 5.41) is 15.7. The number of β-amino-alcohol motifs (C(OH)–C–C–N with tert-alkyl or cyclic N) is 1. The van der Waals surface area contributed by atoms with Gasteiger partial charge in [0.15, 0.2) is 0 Å². The SMILES string of the molecule is Cl.O=C(NN1CCN(CCO)CC1)[C@H]1Cc2c(sc3ccccc23)CN1. The van der Waals surface area contributed by atoms with E-state index in [4.69, 9.17) is 5.11 Å². The molecule has 2 aromatic rings. The summed E-state index contributed by atoms with van der Waals surface area (Å²) >= 11 is 1.82. The summed E-state index contributed by atoms with van der Waals surface area (Å²) < 4.78 is 1.30. The summed E-state index contributed by atoms with van der Waals surface area (Å²) in [6.45, 7) is 5.00. The molecule has 1 atom stereocenters. The first-order valence-corrected chi connectivity index (χ1v) is 9.67. The number of hydrazine groups is 1. The fraction of sp³-hybridized carbons (Fsp3) is 0.500. The highest BCUT2D eigenvalue weighted by Gasteiger charge is 2.28. The average Bonchev–Trinajstić information content (AvgIpc) is 3.01. The van der Waals surface area contributed by atoms with E-state index in [1.807, 2.05) is 16.3 Å². The highest BCUT2D eigenvalue weighted by atomic mass is 35.5. The monoisotopic (exact) mass is 396 g/mol. The fourth-order valence-electron chi connectivity index (χ4n) is 3.65. The van der Waals surface area contributed by atoms with E-state index in [9.17, 15) is 4.79 Å². The number of rotatable bonds is 4. The summed E-state index contributed by atoms with van der Waals surface area (Å²) in [6, 6.07) is 8.27. The highest BCUT2D eigenvalue weighted by molar-refractivity contribution is 7.19. The van der Waals surface area contributed by atoms with Crippen LogP contribution >= 0.6 is 23.7 Å². The van der Waals surface area contributed by atoms with Gasteiger partial charge in [-0.05, 0) is 23.4 Å². The normalized spacial score (nSPS) is 21.2.